The van der Waals surface area contributed by atoms with Gasteiger partial charge in [0.2, 0.25) is 0 Å². The first-order valence-electron chi connectivity index (χ1n) is 8.32. The molecular weight excluding hydrogens is 402 g/mol. The fourth-order valence-corrected chi connectivity index (χ4v) is 3.02. The van der Waals surface area contributed by atoms with Crippen molar-refractivity contribution in [2.24, 2.45) is 0 Å². The summed E-state index contributed by atoms with van der Waals surface area (Å²) in [6.07, 6.45) is 1.48. The number of rotatable bonds is 5. The van der Waals surface area contributed by atoms with E-state index in [1.54, 1.807) is 18.2 Å². The molecule has 132 valence electrons. The lowest BCUT2D eigenvalue weighted by Gasteiger charge is -2.19. The molecule has 0 saturated carbocycles. The van der Waals surface area contributed by atoms with Gasteiger partial charge < -0.3 is 5.32 Å². The van der Waals surface area contributed by atoms with Crippen molar-refractivity contribution in [1.29, 1.82) is 5.26 Å². The number of halogens is 1. The van der Waals surface area contributed by atoms with Crippen LogP contribution in [0.15, 0.2) is 89.0 Å². The number of benzene rings is 2. The first-order chi connectivity index (χ1) is 13.2. The number of nitrogens with one attached hydrogen (secondary N) is 1. The average Bonchev–Trinajstić information content (AvgIpc) is 2.71. The summed E-state index contributed by atoms with van der Waals surface area (Å²) in [7, 11) is 0. The average molecular weight is 418 g/mol. The number of carbonyl (C=O) groups excluding carboxylic acids is 1. The Morgan fingerprint density at radius 1 is 0.963 bits per heavy atom. The van der Waals surface area contributed by atoms with E-state index in [4.69, 9.17) is 0 Å². The highest BCUT2D eigenvalue weighted by Crippen LogP contribution is 2.22. The van der Waals surface area contributed by atoms with Gasteiger partial charge in [-0.3, -0.25) is 4.79 Å². The SMILES string of the molecule is N#CC(=Cc1cccc(Br)n1)C(=O)NC(c1ccccc1)c1ccccc1. The summed E-state index contributed by atoms with van der Waals surface area (Å²) in [4.78, 5) is 17.0. The van der Waals surface area contributed by atoms with Gasteiger partial charge in [-0.1, -0.05) is 66.7 Å². The highest BCUT2D eigenvalue weighted by atomic mass is 79.9. The maximum Gasteiger partial charge on any atom is 0.262 e. The molecule has 0 aliphatic rings. The molecule has 0 fully saturated rings. The van der Waals surface area contributed by atoms with Gasteiger partial charge in [0.05, 0.1) is 11.7 Å². The van der Waals surface area contributed by atoms with E-state index in [-0.39, 0.29) is 11.6 Å². The molecule has 1 aromatic heterocycles. The molecule has 3 rings (SSSR count). The first-order valence-corrected chi connectivity index (χ1v) is 9.12. The zero-order chi connectivity index (χ0) is 19.1. The van der Waals surface area contributed by atoms with E-state index < -0.39 is 5.91 Å². The van der Waals surface area contributed by atoms with Gasteiger partial charge in [-0.05, 0) is 45.3 Å². The van der Waals surface area contributed by atoms with Gasteiger partial charge in [-0.25, -0.2) is 4.98 Å². The number of nitriles is 1. The van der Waals surface area contributed by atoms with Crippen LogP contribution in [-0.4, -0.2) is 10.9 Å². The van der Waals surface area contributed by atoms with Crippen molar-refractivity contribution in [3.8, 4) is 6.07 Å². The van der Waals surface area contributed by atoms with Crippen LogP contribution >= 0.6 is 15.9 Å². The molecule has 0 unspecified atom stereocenters. The molecule has 0 atom stereocenters. The van der Waals surface area contributed by atoms with Gasteiger partial charge in [0.25, 0.3) is 5.91 Å². The van der Waals surface area contributed by atoms with Crippen molar-refractivity contribution in [2.75, 3.05) is 0 Å². The Morgan fingerprint density at radius 3 is 2.07 bits per heavy atom. The summed E-state index contributed by atoms with van der Waals surface area (Å²) in [5, 5.41) is 12.4. The lowest BCUT2D eigenvalue weighted by atomic mass is 9.98. The second-order valence-electron chi connectivity index (χ2n) is 5.78. The Kier molecular flexibility index (Phi) is 6.14. The van der Waals surface area contributed by atoms with E-state index in [0.29, 0.717) is 10.3 Å². The molecule has 0 spiro atoms. The number of amides is 1. The van der Waals surface area contributed by atoms with Crippen LogP contribution in [0.3, 0.4) is 0 Å². The molecule has 1 heterocycles. The van der Waals surface area contributed by atoms with Gasteiger partial charge in [0.1, 0.15) is 16.2 Å². The normalized spacial score (nSPS) is 11.1. The highest BCUT2D eigenvalue weighted by molar-refractivity contribution is 9.10. The monoisotopic (exact) mass is 417 g/mol. The number of hydrogen-bond donors (Lipinski definition) is 1. The summed E-state index contributed by atoms with van der Waals surface area (Å²) in [5.74, 6) is -0.447. The van der Waals surface area contributed by atoms with E-state index in [2.05, 4.69) is 26.2 Å². The third-order valence-electron chi connectivity index (χ3n) is 3.94. The van der Waals surface area contributed by atoms with Crippen molar-refractivity contribution in [3.63, 3.8) is 0 Å². The van der Waals surface area contributed by atoms with Gasteiger partial charge in [0, 0.05) is 0 Å². The molecule has 0 aliphatic heterocycles. The van der Waals surface area contributed by atoms with Gasteiger partial charge in [0.15, 0.2) is 0 Å². The number of aromatic nitrogens is 1. The Hall–Kier alpha value is -3.23. The second kappa shape index (κ2) is 8.93. The first kappa shape index (κ1) is 18.6. The highest BCUT2D eigenvalue weighted by Gasteiger charge is 2.19. The third kappa shape index (κ3) is 4.90. The van der Waals surface area contributed by atoms with Gasteiger partial charge in [-0.15, -0.1) is 0 Å². The third-order valence-corrected chi connectivity index (χ3v) is 4.38. The van der Waals surface area contributed by atoms with Crippen molar-refractivity contribution >= 4 is 27.9 Å². The maximum absolute atomic E-state index is 12.8. The molecule has 27 heavy (non-hydrogen) atoms. The molecule has 0 bridgehead atoms. The van der Waals surface area contributed by atoms with Crippen LogP contribution in [0, 0.1) is 11.3 Å². The Bertz CT molecular complexity index is 955. The molecule has 4 nitrogen and oxygen atoms in total. The smallest absolute Gasteiger partial charge is 0.262 e. The van der Waals surface area contributed by atoms with E-state index >= 15 is 0 Å². The largest absolute Gasteiger partial charge is 0.340 e. The molecule has 2 aromatic carbocycles. The fourth-order valence-electron chi connectivity index (χ4n) is 2.66. The van der Waals surface area contributed by atoms with Crippen LogP contribution < -0.4 is 5.32 Å². The molecule has 0 radical (unpaired) electrons. The number of hydrogen-bond acceptors (Lipinski definition) is 3. The molecule has 3 aromatic rings. The van der Waals surface area contributed by atoms with E-state index in [9.17, 15) is 10.1 Å². The number of pyridine rings is 1. The maximum atomic E-state index is 12.8. The fraction of sp³-hybridized carbons (Fsp3) is 0.0455. The van der Waals surface area contributed by atoms with E-state index in [1.165, 1.54) is 6.08 Å². The minimum atomic E-state index is -0.447. The summed E-state index contributed by atoms with van der Waals surface area (Å²) >= 11 is 3.29. The van der Waals surface area contributed by atoms with Crippen molar-refractivity contribution < 1.29 is 4.79 Å². The molecule has 1 amide bonds. The minimum Gasteiger partial charge on any atom is -0.340 e. The van der Waals surface area contributed by atoms with E-state index in [0.717, 1.165) is 11.1 Å². The van der Waals surface area contributed by atoms with Crippen LogP contribution in [0.2, 0.25) is 0 Å². The second-order valence-corrected chi connectivity index (χ2v) is 6.60. The van der Waals surface area contributed by atoms with Gasteiger partial charge >= 0.3 is 0 Å². The van der Waals surface area contributed by atoms with Crippen LogP contribution in [0.5, 0.6) is 0 Å². The standard InChI is InChI=1S/C22H16BrN3O/c23-20-13-7-12-19(25-20)14-18(15-24)22(27)26-21(16-8-3-1-4-9-16)17-10-5-2-6-11-17/h1-14,21H,(H,26,27). The predicted octanol–water partition coefficient (Wildman–Crippen LogP) is 4.66. The van der Waals surface area contributed by atoms with Crippen molar-refractivity contribution in [2.45, 2.75) is 6.04 Å². The van der Waals surface area contributed by atoms with Crippen LogP contribution in [0.4, 0.5) is 0 Å². The topological polar surface area (TPSA) is 65.8 Å². The van der Waals surface area contributed by atoms with E-state index in [1.807, 2.05) is 66.7 Å². The Balaban J connectivity index is 1.91. The minimum absolute atomic E-state index is 0.00235. The van der Waals surface area contributed by atoms with Crippen LogP contribution in [0.25, 0.3) is 6.08 Å². The summed E-state index contributed by atoms with van der Waals surface area (Å²) < 4.78 is 0.639. The molecule has 0 saturated heterocycles. The zero-order valence-electron chi connectivity index (χ0n) is 14.3. The Labute approximate surface area is 166 Å². The number of carbonyl (C=O) groups is 1. The lowest BCUT2D eigenvalue weighted by molar-refractivity contribution is -0.117. The molecule has 5 heteroatoms. The zero-order valence-corrected chi connectivity index (χ0v) is 15.9. The van der Waals surface area contributed by atoms with Crippen LogP contribution in [0.1, 0.15) is 22.9 Å². The molecule has 0 aliphatic carbocycles. The number of nitrogens with zero attached hydrogens (tertiary/aromatic N) is 2. The summed E-state index contributed by atoms with van der Waals surface area (Å²) in [5.41, 5.74) is 2.41. The van der Waals surface area contributed by atoms with Gasteiger partial charge in [-0.2, -0.15) is 5.26 Å². The molecular formula is C22H16BrN3O. The summed E-state index contributed by atoms with van der Waals surface area (Å²) in [6.45, 7) is 0. The Morgan fingerprint density at radius 2 is 1.56 bits per heavy atom. The predicted molar refractivity (Wildman–Crippen MR) is 108 cm³/mol. The van der Waals surface area contributed by atoms with Crippen molar-refractivity contribution in [1.82, 2.24) is 10.3 Å². The van der Waals surface area contributed by atoms with Crippen molar-refractivity contribution in [3.05, 3.63) is 106 Å². The lowest BCUT2D eigenvalue weighted by Crippen LogP contribution is -2.30. The molecule has 1 N–H and O–H groups in total. The quantitative estimate of drug-likeness (QED) is 0.373. The summed E-state index contributed by atoms with van der Waals surface area (Å²) in [6, 6.07) is 26.3. The van der Waals surface area contributed by atoms with Crippen LogP contribution in [-0.2, 0) is 4.79 Å².